The van der Waals surface area contributed by atoms with Crippen LogP contribution in [0.4, 0.5) is 4.79 Å². The Hall–Kier alpha value is -1.76. The molecule has 7 heteroatoms. The van der Waals surface area contributed by atoms with Gasteiger partial charge in [0.05, 0.1) is 11.0 Å². The van der Waals surface area contributed by atoms with Crippen molar-refractivity contribution in [3.8, 4) is 11.5 Å². The quantitative estimate of drug-likeness (QED) is 0.798. The Kier molecular flexibility index (Phi) is 4.00. The number of carbonyl (C=O) groups excluding carboxylic acids is 2. The number of ether oxygens (including phenoxy) is 2. The lowest BCUT2D eigenvalue weighted by atomic mass is 9.87. The van der Waals surface area contributed by atoms with E-state index >= 15 is 0 Å². The zero-order valence-corrected chi connectivity index (χ0v) is 14.9. The Morgan fingerprint density at radius 2 is 1.96 bits per heavy atom. The summed E-state index contributed by atoms with van der Waals surface area (Å²) >= 11 is 3.45. The molecule has 1 saturated heterocycles. The smallest absolute Gasteiger partial charge is 0.325 e. The molecular weight excluding hydrogens is 364 g/mol. The van der Waals surface area contributed by atoms with Crippen molar-refractivity contribution in [3.05, 3.63) is 22.2 Å². The molecule has 0 radical (unpaired) electrons. The van der Waals surface area contributed by atoms with Gasteiger partial charge in [0.1, 0.15) is 19.3 Å². The Labute approximate surface area is 143 Å². The summed E-state index contributed by atoms with van der Waals surface area (Å²) in [6, 6.07) is 2.79. The number of halogens is 1. The topological polar surface area (TPSA) is 67.9 Å². The Balaban J connectivity index is 1.84. The van der Waals surface area contributed by atoms with Gasteiger partial charge in [0.2, 0.25) is 0 Å². The first-order chi connectivity index (χ1) is 10.8. The van der Waals surface area contributed by atoms with Crippen LogP contribution in [0, 0.1) is 5.41 Å². The molecule has 0 aliphatic carbocycles. The number of urea groups is 1. The number of amides is 3. The minimum Gasteiger partial charge on any atom is -0.486 e. The van der Waals surface area contributed by atoms with Gasteiger partial charge in [0.25, 0.3) is 5.91 Å². The fourth-order valence-corrected chi connectivity index (χ4v) is 3.30. The largest absolute Gasteiger partial charge is 0.486 e. The van der Waals surface area contributed by atoms with Crippen LogP contribution in [-0.2, 0) is 11.3 Å². The number of nitrogens with one attached hydrogen (secondary N) is 1. The molecule has 124 valence electrons. The van der Waals surface area contributed by atoms with Crippen molar-refractivity contribution in [1.29, 1.82) is 0 Å². The average Bonchev–Trinajstić information content (AvgIpc) is 2.75. The molecule has 1 atom stereocenters. The molecule has 0 bridgehead atoms. The van der Waals surface area contributed by atoms with Crippen LogP contribution in [0.1, 0.15) is 26.3 Å². The van der Waals surface area contributed by atoms with E-state index in [0.29, 0.717) is 24.7 Å². The van der Waals surface area contributed by atoms with Crippen LogP contribution in [0.25, 0.3) is 0 Å². The zero-order valence-electron chi connectivity index (χ0n) is 13.3. The van der Waals surface area contributed by atoms with Crippen LogP contribution in [0.2, 0.25) is 0 Å². The summed E-state index contributed by atoms with van der Waals surface area (Å²) in [7, 11) is 0. The van der Waals surface area contributed by atoms with E-state index in [1.165, 1.54) is 4.90 Å². The van der Waals surface area contributed by atoms with Gasteiger partial charge in [0.15, 0.2) is 11.5 Å². The number of rotatable bonds is 2. The number of fused-ring (bicyclic) bond motifs is 1. The lowest BCUT2D eigenvalue weighted by Gasteiger charge is -2.24. The molecule has 2 aliphatic rings. The molecule has 1 aromatic carbocycles. The maximum Gasteiger partial charge on any atom is 0.325 e. The van der Waals surface area contributed by atoms with E-state index in [0.717, 1.165) is 10.0 Å². The molecule has 2 aliphatic heterocycles. The number of benzene rings is 1. The highest BCUT2D eigenvalue weighted by molar-refractivity contribution is 9.10. The van der Waals surface area contributed by atoms with E-state index in [1.807, 2.05) is 32.9 Å². The predicted octanol–water partition coefficient (Wildman–Crippen LogP) is 2.69. The predicted molar refractivity (Wildman–Crippen MR) is 87.5 cm³/mol. The first-order valence-electron chi connectivity index (χ1n) is 7.47. The van der Waals surface area contributed by atoms with Gasteiger partial charge in [-0.2, -0.15) is 0 Å². The van der Waals surface area contributed by atoms with Gasteiger partial charge in [-0.15, -0.1) is 0 Å². The van der Waals surface area contributed by atoms with Gasteiger partial charge < -0.3 is 14.8 Å². The second-order valence-corrected chi connectivity index (χ2v) is 7.63. The van der Waals surface area contributed by atoms with Gasteiger partial charge >= 0.3 is 6.03 Å². The van der Waals surface area contributed by atoms with E-state index in [1.54, 1.807) is 0 Å². The molecule has 0 saturated carbocycles. The first kappa shape index (κ1) is 16.1. The van der Waals surface area contributed by atoms with Crippen LogP contribution in [0.3, 0.4) is 0 Å². The maximum absolute atomic E-state index is 12.5. The summed E-state index contributed by atoms with van der Waals surface area (Å²) in [5.41, 5.74) is 0.480. The fourth-order valence-electron chi connectivity index (χ4n) is 2.69. The first-order valence-corrected chi connectivity index (χ1v) is 8.26. The summed E-state index contributed by atoms with van der Waals surface area (Å²) < 4.78 is 11.9. The lowest BCUT2D eigenvalue weighted by molar-refractivity contribution is -0.129. The summed E-state index contributed by atoms with van der Waals surface area (Å²) in [4.78, 5) is 25.9. The van der Waals surface area contributed by atoms with E-state index < -0.39 is 6.04 Å². The molecule has 1 aromatic rings. The normalized spacial score (nSPS) is 20.7. The van der Waals surface area contributed by atoms with Gasteiger partial charge in [-0.05, 0) is 39.0 Å². The van der Waals surface area contributed by atoms with Crippen molar-refractivity contribution in [3.63, 3.8) is 0 Å². The number of nitrogens with zero attached hydrogens (tertiary/aromatic N) is 1. The SMILES string of the molecule is CC(C)(C)C1NC(=O)N(Cc2cc(Br)c3c(c2)OCCO3)C1=O. The third-order valence-electron chi connectivity index (χ3n) is 3.89. The van der Waals surface area contributed by atoms with Crippen molar-refractivity contribution < 1.29 is 19.1 Å². The monoisotopic (exact) mass is 382 g/mol. The van der Waals surface area contributed by atoms with Crippen LogP contribution >= 0.6 is 15.9 Å². The summed E-state index contributed by atoms with van der Waals surface area (Å²) in [6.45, 7) is 6.98. The molecular formula is C16H19BrN2O4. The van der Waals surface area contributed by atoms with E-state index in [-0.39, 0.29) is 23.9 Å². The molecule has 2 heterocycles. The highest BCUT2D eigenvalue weighted by atomic mass is 79.9. The van der Waals surface area contributed by atoms with Crippen LogP contribution in [0.5, 0.6) is 11.5 Å². The molecule has 3 rings (SSSR count). The molecule has 0 aromatic heterocycles. The van der Waals surface area contributed by atoms with E-state index in [2.05, 4.69) is 21.2 Å². The number of hydrogen-bond donors (Lipinski definition) is 1. The second kappa shape index (κ2) is 5.70. The van der Waals surface area contributed by atoms with Crippen LogP contribution in [0.15, 0.2) is 16.6 Å². The average molecular weight is 383 g/mol. The molecule has 1 N–H and O–H groups in total. The standard InChI is InChI=1S/C16H19BrN2O4/c1-16(2,3)13-14(20)19(15(21)18-13)8-9-6-10(17)12-11(7-9)22-4-5-23-12/h6-7,13H,4-5,8H2,1-3H3,(H,18,21). The van der Waals surface area contributed by atoms with E-state index in [9.17, 15) is 9.59 Å². The number of imide groups is 1. The summed E-state index contributed by atoms with van der Waals surface area (Å²) in [6.07, 6.45) is 0. The van der Waals surface area contributed by atoms with Crippen molar-refractivity contribution in [2.75, 3.05) is 13.2 Å². The number of hydrogen-bond acceptors (Lipinski definition) is 4. The van der Waals surface area contributed by atoms with Crippen LogP contribution in [-0.4, -0.2) is 36.1 Å². The fraction of sp³-hybridized carbons (Fsp3) is 0.500. The lowest BCUT2D eigenvalue weighted by Crippen LogP contribution is -2.41. The highest BCUT2D eigenvalue weighted by Gasteiger charge is 2.44. The Morgan fingerprint density at radius 1 is 1.26 bits per heavy atom. The Bertz CT molecular complexity index is 669. The summed E-state index contributed by atoms with van der Waals surface area (Å²) in [5, 5.41) is 2.76. The molecule has 0 spiro atoms. The van der Waals surface area contributed by atoms with Crippen LogP contribution < -0.4 is 14.8 Å². The Morgan fingerprint density at radius 3 is 2.61 bits per heavy atom. The van der Waals surface area contributed by atoms with Crippen molar-refractivity contribution in [2.24, 2.45) is 5.41 Å². The van der Waals surface area contributed by atoms with E-state index in [4.69, 9.17) is 9.47 Å². The van der Waals surface area contributed by atoms with Crippen molar-refractivity contribution in [1.82, 2.24) is 10.2 Å². The van der Waals surface area contributed by atoms with Gasteiger partial charge in [0, 0.05) is 0 Å². The maximum atomic E-state index is 12.5. The second-order valence-electron chi connectivity index (χ2n) is 6.77. The number of carbonyl (C=O) groups is 2. The molecule has 23 heavy (non-hydrogen) atoms. The van der Waals surface area contributed by atoms with Gasteiger partial charge in [-0.25, -0.2) is 4.79 Å². The minimum absolute atomic E-state index is 0.200. The zero-order chi connectivity index (χ0) is 16.8. The summed E-state index contributed by atoms with van der Waals surface area (Å²) in [5.74, 6) is 1.08. The molecule has 1 fully saturated rings. The third kappa shape index (κ3) is 3.02. The van der Waals surface area contributed by atoms with Gasteiger partial charge in [-0.3, -0.25) is 9.69 Å². The highest BCUT2D eigenvalue weighted by Crippen LogP contribution is 2.39. The molecule has 3 amide bonds. The molecule has 6 nitrogen and oxygen atoms in total. The molecule has 1 unspecified atom stereocenters. The third-order valence-corrected chi connectivity index (χ3v) is 4.48. The van der Waals surface area contributed by atoms with Gasteiger partial charge in [-0.1, -0.05) is 20.8 Å². The minimum atomic E-state index is -0.504. The van der Waals surface area contributed by atoms with Crippen molar-refractivity contribution in [2.45, 2.75) is 33.4 Å². The van der Waals surface area contributed by atoms with Crippen molar-refractivity contribution >= 4 is 27.9 Å².